The Kier molecular flexibility index (Phi) is 5.99. The van der Waals surface area contributed by atoms with E-state index in [9.17, 15) is 35.9 Å². The zero-order valence-corrected chi connectivity index (χ0v) is 20.6. The van der Waals surface area contributed by atoms with Crippen molar-refractivity contribution in [2.75, 3.05) is 5.32 Å². The van der Waals surface area contributed by atoms with Gasteiger partial charge in [-0.3, -0.25) is 9.59 Å². The van der Waals surface area contributed by atoms with Crippen molar-refractivity contribution in [3.05, 3.63) is 41.5 Å². The number of anilines is 1. The van der Waals surface area contributed by atoms with Crippen LogP contribution in [0.2, 0.25) is 0 Å². The van der Waals surface area contributed by atoms with Gasteiger partial charge in [0, 0.05) is 17.4 Å². The second kappa shape index (κ2) is 8.50. The lowest BCUT2D eigenvalue weighted by atomic mass is 9.48. The second-order valence-electron chi connectivity index (χ2n) is 11.6. The Morgan fingerprint density at radius 2 is 1.70 bits per heavy atom. The molecule has 10 heteroatoms. The first kappa shape index (κ1) is 26.1. The molecule has 0 radical (unpaired) electrons. The molecule has 37 heavy (non-hydrogen) atoms. The fraction of sp³-hybridized carbons (Fsp3) is 0.630. The topological polar surface area (TPSA) is 58.2 Å². The first-order valence-electron chi connectivity index (χ1n) is 12.7. The summed E-state index contributed by atoms with van der Waals surface area (Å²) in [6.07, 6.45) is -1.73. The van der Waals surface area contributed by atoms with Crippen LogP contribution < -0.4 is 10.6 Å². The van der Waals surface area contributed by atoms with Crippen molar-refractivity contribution >= 4 is 17.5 Å². The molecule has 0 aromatic heterocycles. The van der Waals surface area contributed by atoms with E-state index in [0.29, 0.717) is 42.9 Å². The highest BCUT2D eigenvalue weighted by Crippen LogP contribution is 2.65. The maximum Gasteiger partial charge on any atom is 0.418 e. The van der Waals surface area contributed by atoms with Crippen LogP contribution in [0.5, 0.6) is 0 Å². The van der Waals surface area contributed by atoms with Crippen LogP contribution in [-0.2, 0) is 21.9 Å². The Morgan fingerprint density at radius 3 is 2.38 bits per heavy atom. The third-order valence-corrected chi connectivity index (χ3v) is 9.91. The molecule has 202 valence electrons. The number of halogens is 6. The predicted molar refractivity (Wildman–Crippen MR) is 124 cm³/mol. The minimum Gasteiger partial charge on any atom is -0.349 e. The van der Waals surface area contributed by atoms with Crippen LogP contribution in [0.15, 0.2) is 30.4 Å². The number of hydrogen-bond acceptors (Lipinski definition) is 2. The van der Waals surface area contributed by atoms with E-state index in [1.54, 1.807) is 6.08 Å². The average molecular weight is 529 g/mol. The molecule has 6 unspecified atom stereocenters. The minimum absolute atomic E-state index is 0.0535. The van der Waals surface area contributed by atoms with Gasteiger partial charge in [-0.15, -0.1) is 0 Å². The number of carbonyl (C=O) groups excluding carboxylic acids is 2. The molecule has 2 amide bonds. The van der Waals surface area contributed by atoms with E-state index in [1.165, 1.54) is 0 Å². The van der Waals surface area contributed by atoms with Gasteiger partial charge in [-0.1, -0.05) is 19.9 Å². The number of fused-ring (bicyclic) bond motifs is 5. The molecule has 1 aromatic rings. The maximum atomic E-state index is 13.6. The molecule has 0 spiro atoms. The quantitative estimate of drug-likeness (QED) is 0.427. The van der Waals surface area contributed by atoms with Crippen molar-refractivity contribution in [3.63, 3.8) is 0 Å². The summed E-state index contributed by atoms with van der Waals surface area (Å²) in [6, 6.07) is 1.18. The van der Waals surface area contributed by atoms with Crippen LogP contribution in [-0.4, -0.2) is 17.9 Å². The summed E-state index contributed by atoms with van der Waals surface area (Å²) in [5.74, 6) is -0.555. The normalized spacial score (nSPS) is 37.3. The zero-order chi connectivity index (χ0) is 27.0. The van der Waals surface area contributed by atoms with Crippen LogP contribution in [0, 0.1) is 34.5 Å². The first-order valence-corrected chi connectivity index (χ1v) is 12.7. The Labute approximate surface area is 211 Å². The van der Waals surface area contributed by atoms with Crippen LogP contribution in [0.4, 0.5) is 32.0 Å². The SMILES string of the molecule is CC12C=CC(=O)NC1CCC1C2CC[C@]2(C)C(C(=O)Nc3cc(C(F)(F)F)ccc3C(F)(F)F)CCC12. The molecule has 3 saturated carbocycles. The molecule has 4 aliphatic rings. The van der Waals surface area contributed by atoms with E-state index < -0.39 is 46.4 Å². The fourth-order valence-electron chi connectivity index (χ4n) is 8.06. The predicted octanol–water partition coefficient (Wildman–Crippen LogP) is 6.58. The Balaban J connectivity index is 1.40. The maximum absolute atomic E-state index is 13.6. The van der Waals surface area contributed by atoms with Gasteiger partial charge in [-0.25, -0.2) is 0 Å². The number of alkyl halides is 6. The molecule has 5 rings (SSSR count). The molecule has 4 nitrogen and oxygen atoms in total. The molecule has 3 aliphatic carbocycles. The van der Waals surface area contributed by atoms with E-state index in [4.69, 9.17) is 0 Å². The number of carbonyl (C=O) groups is 2. The third-order valence-electron chi connectivity index (χ3n) is 9.91. The number of nitrogens with one attached hydrogen (secondary N) is 2. The minimum atomic E-state index is -4.91. The van der Waals surface area contributed by atoms with Gasteiger partial charge in [0.15, 0.2) is 0 Å². The average Bonchev–Trinajstić information content (AvgIpc) is 3.15. The Morgan fingerprint density at radius 1 is 0.973 bits per heavy atom. The molecular weight excluding hydrogens is 498 g/mol. The summed E-state index contributed by atoms with van der Waals surface area (Å²) in [5, 5.41) is 5.33. The van der Waals surface area contributed by atoms with E-state index in [-0.39, 0.29) is 23.3 Å². The summed E-state index contributed by atoms with van der Waals surface area (Å²) >= 11 is 0. The molecule has 7 atom stereocenters. The lowest BCUT2D eigenvalue weighted by Gasteiger charge is -2.58. The van der Waals surface area contributed by atoms with Crippen LogP contribution >= 0.6 is 0 Å². The largest absolute Gasteiger partial charge is 0.418 e. The zero-order valence-electron chi connectivity index (χ0n) is 20.6. The smallest absolute Gasteiger partial charge is 0.349 e. The van der Waals surface area contributed by atoms with Gasteiger partial charge in [-0.05, 0) is 86.0 Å². The standard InChI is InChI=1S/C27H30F6N2O2/c1-24-11-9-17-15(4-8-21-25(17,2)12-10-22(36)35-21)16(24)6-7-19(24)23(37)34-20-13-14(26(28,29)30)3-5-18(20)27(31,32)33/h3,5,10,12-13,15-17,19,21H,4,6-9,11H2,1-2H3,(H,34,37)(H,35,36)/t15?,16?,17?,19?,21?,24-,25?/m0/s1. The van der Waals surface area contributed by atoms with Crippen molar-refractivity contribution in [1.29, 1.82) is 0 Å². The summed E-state index contributed by atoms with van der Waals surface area (Å²) in [4.78, 5) is 25.3. The highest BCUT2D eigenvalue weighted by Gasteiger charge is 2.61. The lowest BCUT2D eigenvalue weighted by Crippen LogP contribution is -2.59. The lowest BCUT2D eigenvalue weighted by molar-refractivity contribution is -0.141. The first-order chi connectivity index (χ1) is 17.1. The van der Waals surface area contributed by atoms with Gasteiger partial charge in [0.2, 0.25) is 11.8 Å². The van der Waals surface area contributed by atoms with Gasteiger partial charge in [0.25, 0.3) is 0 Å². The molecule has 1 aliphatic heterocycles. The van der Waals surface area contributed by atoms with Crippen molar-refractivity contribution in [1.82, 2.24) is 5.32 Å². The van der Waals surface area contributed by atoms with Crippen LogP contribution in [0.25, 0.3) is 0 Å². The number of amides is 2. The Hall–Kier alpha value is -2.52. The monoisotopic (exact) mass is 528 g/mol. The molecule has 2 N–H and O–H groups in total. The molecular formula is C27H30F6N2O2. The number of rotatable bonds is 2. The molecule has 0 bridgehead atoms. The molecule has 1 heterocycles. The summed E-state index contributed by atoms with van der Waals surface area (Å²) in [6.45, 7) is 4.17. The van der Waals surface area contributed by atoms with E-state index in [0.717, 1.165) is 25.7 Å². The second-order valence-corrected chi connectivity index (χ2v) is 11.6. The van der Waals surface area contributed by atoms with E-state index in [1.807, 2.05) is 13.0 Å². The van der Waals surface area contributed by atoms with Gasteiger partial charge in [-0.2, -0.15) is 26.3 Å². The molecule has 0 saturated heterocycles. The highest BCUT2D eigenvalue weighted by molar-refractivity contribution is 5.94. The van der Waals surface area contributed by atoms with Crippen LogP contribution in [0.1, 0.15) is 63.5 Å². The van der Waals surface area contributed by atoms with Crippen molar-refractivity contribution in [2.45, 2.75) is 70.8 Å². The van der Waals surface area contributed by atoms with Crippen molar-refractivity contribution in [3.8, 4) is 0 Å². The third kappa shape index (κ3) is 4.24. The Bertz CT molecular complexity index is 1140. The number of hydrogen-bond donors (Lipinski definition) is 2. The number of benzene rings is 1. The van der Waals surface area contributed by atoms with E-state index in [2.05, 4.69) is 17.6 Å². The van der Waals surface area contributed by atoms with E-state index >= 15 is 0 Å². The van der Waals surface area contributed by atoms with Crippen LogP contribution in [0.3, 0.4) is 0 Å². The van der Waals surface area contributed by atoms with Gasteiger partial charge in [0.1, 0.15) is 0 Å². The summed E-state index contributed by atoms with van der Waals surface area (Å²) in [7, 11) is 0. The molecule has 1 aromatic carbocycles. The molecule has 3 fully saturated rings. The summed E-state index contributed by atoms with van der Waals surface area (Å²) in [5.41, 5.74) is -4.06. The van der Waals surface area contributed by atoms with Crippen molar-refractivity contribution in [2.24, 2.45) is 34.5 Å². The van der Waals surface area contributed by atoms with Gasteiger partial charge >= 0.3 is 12.4 Å². The van der Waals surface area contributed by atoms with Gasteiger partial charge in [0.05, 0.1) is 16.8 Å². The highest BCUT2D eigenvalue weighted by atomic mass is 19.4. The summed E-state index contributed by atoms with van der Waals surface area (Å²) < 4.78 is 80.4. The fourth-order valence-corrected chi connectivity index (χ4v) is 8.06. The van der Waals surface area contributed by atoms with Gasteiger partial charge < -0.3 is 10.6 Å². The van der Waals surface area contributed by atoms with Crippen molar-refractivity contribution < 1.29 is 35.9 Å².